The largest absolute Gasteiger partial charge is 0.506 e. The van der Waals surface area contributed by atoms with Crippen LogP contribution in [0.2, 0.25) is 0 Å². The lowest BCUT2D eigenvalue weighted by molar-refractivity contribution is 0.427. The number of phenolic OH excluding ortho intramolecular Hbond substituents is 2. The topological polar surface area (TPSA) is 74.6 Å². The molecule has 148 valence electrons. The summed E-state index contributed by atoms with van der Waals surface area (Å²) in [7, 11) is -4.17. The smallest absolute Gasteiger partial charge is 0.213 e. The van der Waals surface area contributed by atoms with Crippen molar-refractivity contribution in [3.63, 3.8) is 0 Å². The van der Waals surface area contributed by atoms with Crippen LogP contribution >= 0.6 is 31.9 Å². The minimum absolute atomic E-state index is 0.241. The van der Waals surface area contributed by atoms with E-state index in [1.54, 1.807) is 12.1 Å². The van der Waals surface area contributed by atoms with Crippen LogP contribution in [0.4, 0.5) is 0 Å². The van der Waals surface area contributed by atoms with E-state index >= 15 is 0 Å². The van der Waals surface area contributed by atoms with Crippen LogP contribution in [0.3, 0.4) is 0 Å². The quantitative estimate of drug-likeness (QED) is 0.506. The molecule has 7 heteroatoms. The maximum absolute atomic E-state index is 13.4. The van der Waals surface area contributed by atoms with Crippen molar-refractivity contribution in [2.24, 2.45) is 0 Å². The van der Waals surface area contributed by atoms with Crippen LogP contribution in [0, 0.1) is 0 Å². The molecule has 0 fully saturated rings. The molecule has 27 heavy (non-hydrogen) atoms. The maximum Gasteiger partial charge on any atom is 0.213 e. The highest BCUT2D eigenvalue weighted by Gasteiger charge is 2.32. The number of sulfone groups is 1. The highest BCUT2D eigenvalue weighted by Crippen LogP contribution is 2.44. The number of rotatable bonds is 2. The van der Waals surface area contributed by atoms with Crippen LogP contribution in [0.1, 0.15) is 52.7 Å². The molecule has 0 spiro atoms. The van der Waals surface area contributed by atoms with Gasteiger partial charge in [0.2, 0.25) is 9.84 Å². The van der Waals surface area contributed by atoms with Gasteiger partial charge in [0.05, 0.1) is 0 Å². The molecule has 2 N–H and O–H groups in total. The van der Waals surface area contributed by atoms with E-state index < -0.39 is 20.7 Å². The van der Waals surface area contributed by atoms with Gasteiger partial charge in [-0.3, -0.25) is 0 Å². The molecular formula is C20H24Br2O4S. The molecule has 0 heterocycles. The van der Waals surface area contributed by atoms with Gasteiger partial charge in [-0.15, -0.1) is 0 Å². The normalized spacial score (nSPS) is 13.0. The molecule has 2 aromatic rings. The van der Waals surface area contributed by atoms with Crippen molar-refractivity contribution in [3.8, 4) is 11.5 Å². The van der Waals surface area contributed by atoms with Crippen molar-refractivity contribution in [1.82, 2.24) is 0 Å². The predicted octanol–water partition coefficient (Wildman–Crippen LogP) is 6.05. The van der Waals surface area contributed by atoms with Gasteiger partial charge in [-0.05, 0) is 35.1 Å². The van der Waals surface area contributed by atoms with Crippen LogP contribution in [0.15, 0.2) is 43.0 Å². The zero-order valence-corrected chi connectivity index (χ0v) is 20.2. The summed E-state index contributed by atoms with van der Waals surface area (Å²) in [5.41, 5.74) is 0.0733. The first-order chi connectivity index (χ1) is 12.1. The molecule has 0 amide bonds. The van der Waals surface area contributed by atoms with Crippen LogP contribution in [-0.4, -0.2) is 18.6 Å². The summed E-state index contributed by atoms with van der Waals surface area (Å²) in [5, 5.41) is 21.5. The Morgan fingerprint density at radius 3 is 1.26 bits per heavy atom. The van der Waals surface area contributed by atoms with Gasteiger partial charge in [-0.1, -0.05) is 73.4 Å². The van der Waals surface area contributed by atoms with E-state index in [1.807, 2.05) is 41.5 Å². The fraction of sp³-hybridized carbons (Fsp3) is 0.400. The first-order valence-electron chi connectivity index (χ1n) is 8.38. The van der Waals surface area contributed by atoms with Crippen molar-refractivity contribution in [2.45, 2.75) is 62.2 Å². The fourth-order valence-corrected chi connectivity index (χ4v) is 5.57. The molecule has 2 aromatic carbocycles. The lowest BCUT2D eigenvalue weighted by atomic mass is 9.86. The summed E-state index contributed by atoms with van der Waals surface area (Å²) in [6, 6.07) is 6.12. The van der Waals surface area contributed by atoms with Crippen LogP contribution in [0.25, 0.3) is 0 Å². The van der Waals surface area contributed by atoms with Crippen molar-refractivity contribution < 1.29 is 18.6 Å². The molecule has 0 aliphatic heterocycles. The van der Waals surface area contributed by atoms with Gasteiger partial charge in [0.15, 0.2) is 0 Å². The number of halogens is 2. The Labute approximate surface area is 177 Å². The molecule has 0 aliphatic rings. The van der Waals surface area contributed by atoms with Gasteiger partial charge in [-0.25, -0.2) is 8.42 Å². The first-order valence-corrected chi connectivity index (χ1v) is 11.4. The Kier molecular flexibility index (Phi) is 5.83. The van der Waals surface area contributed by atoms with Gasteiger partial charge < -0.3 is 10.2 Å². The van der Waals surface area contributed by atoms with Crippen LogP contribution < -0.4 is 0 Å². The molecule has 0 radical (unpaired) electrons. The van der Waals surface area contributed by atoms with E-state index in [0.717, 1.165) is 0 Å². The van der Waals surface area contributed by atoms with Crippen molar-refractivity contribution in [2.75, 3.05) is 0 Å². The number of aromatic hydroxyl groups is 2. The number of benzene rings is 2. The molecule has 0 aromatic heterocycles. The summed E-state index contributed by atoms with van der Waals surface area (Å²) in [6.45, 7) is 11.3. The molecule has 0 aliphatic carbocycles. The van der Waals surface area contributed by atoms with Crippen LogP contribution in [0.5, 0.6) is 11.5 Å². The zero-order chi connectivity index (χ0) is 20.9. The minimum Gasteiger partial charge on any atom is -0.506 e. The standard InChI is InChI=1S/C20H24Br2O4S/c1-19(2,3)13-7-11(21)9-15(17(13)23)27(25,26)16-10-12(22)8-14(18(16)24)20(4,5)6/h7-10,23-24H,1-6H3. The molecule has 0 saturated carbocycles. The SMILES string of the molecule is CC(C)(C)c1cc(Br)cc(S(=O)(=O)c2cc(Br)cc(C(C)(C)C)c2O)c1O. The zero-order valence-electron chi connectivity index (χ0n) is 16.2. The van der Waals surface area contributed by atoms with E-state index in [2.05, 4.69) is 31.9 Å². The Hall–Kier alpha value is -1.05. The maximum atomic E-state index is 13.4. The minimum atomic E-state index is -4.17. The van der Waals surface area contributed by atoms with Crippen LogP contribution in [-0.2, 0) is 20.7 Å². The van der Waals surface area contributed by atoms with E-state index in [1.165, 1.54) is 12.1 Å². The Morgan fingerprint density at radius 1 is 0.704 bits per heavy atom. The van der Waals surface area contributed by atoms with Gasteiger partial charge in [-0.2, -0.15) is 0 Å². The first kappa shape index (κ1) is 22.2. The number of phenols is 2. The van der Waals surface area contributed by atoms with Gasteiger partial charge >= 0.3 is 0 Å². The van der Waals surface area contributed by atoms with Crippen molar-refractivity contribution in [3.05, 3.63) is 44.3 Å². The molecule has 0 saturated heterocycles. The van der Waals surface area contributed by atoms with Gasteiger partial charge in [0, 0.05) is 20.1 Å². The average Bonchev–Trinajstić information content (AvgIpc) is 2.48. The van der Waals surface area contributed by atoms with Gasteiger partial charge in [0.1, 0.15) is 21.3 Å². The summed E-state index contributed by atoms with van der Waals surface area (Å²) in [4.78, 5) is -0.481. The number of hydrogen-bond donors (Lipinski definition) is 2. The highest BCUT2D eigenvalue weighted by atomic mass is 79.9. The third-order valence-corrected chi connectivity index (χ3v) is 6.97. The van der Waals surface area contributed by atoms with Crippen molar-refractivity contribution in [1.29, 1.82) is 0 Å². The molecular weight excluding hydrogens is 496 g/mol. The van der Waals surface area contributed by atoms with E-state index in [0.29, 0.717) is 20.1 Å². The molecule has 0 bridgehead atoms. The third kappa shape index (κ3) is 4.35. The second kappa shape index (κ2) is 7.08. The fourth-order valence-electron chi connectivity index (χ4n) is 2.82. The highest BCUT2D eigenvalue weighted by molar-refractivity contribution is 9.10. The monoisotopic (exact) mass is 518 g/mol. The van der Waals surface area contributed by atoms with E-state index in [-0.39, 0.29) is 21.3 Å². The Bertz CT molecular complexity index is 923. The van der Waals surface area contributed by atoms with Crippen molar-refractivity contribution >= 4 is 41.7 Å². The predicted molar refractivity (Wildman–Crippen MR) is 114 cm³/mol. The molecule has 4 nitrogen and oxygen atoms in total. The lowest BCUT2D eigenvalue weighted by Gasteiger charge is -2.24. The Morgan fingerprint density at radius 2 is 1.00 bits per heavy atom. The summed E-state index contributed by atoms with van der Waals surface area (Å²) < 4.78 is 27.8. The number of hydrogen-bond acceptors (Lipinski definition) is 4. The lowest BCUT2D eigenvalue weighted by Crippen LogP contribution is -2.15. The van der Waals surface area contributed by atoms with E-state index in [9.17, 15) is 18.6 Å². The van der Waals surface area contributed by atoms with Gasteiger partial charge in [0.25, 0.3) is 0 Å². The summed E-state index contributed by atoms with van der Waals surface area (Å²) >= 11 is 6.67. The average molecular weight is 520 g/mol. The summed E-state index contributed by atoms with van der Waals surface area (Å²) in [5.74, 6) is -0.607. The molecule has 0 unspecified atom stereocenters. The third-order valence-electron chi connectivity index (χ3n) is 4.27. The van der Waals surface area contributed by atoms with E-state index in [4.69, 9.17) is 0 Å². The second-order valence-corrected chi connectivity index (χ2v) is 12.3. The summed E-state index contributed by atoms with van der Waals surface area (Å²) in [6.07, 6.45) is 0. The molecule has 2 rings (SSSR count). The Balaban J connectivity index is 2.87. The second-order valence-electron chi connectivity index (χ2n) is 8.60. The molecule has 0 atom stereocenters.